The van der Waals surface area contributed by atoms with Crippen molar-refractivity contribution in [3.63, 3.8) is 0 Å². The molecular weight excluding hydrogens is 626 g/mol. The standard InChI is InChI=1S/C35H28ClN3O6S/c1-4-44-34(41)30-31(22-8-6-5-7-9-22)37-35-38(32(30)23-12-10-21(11-13-23)20(2)3)33(40)29(46-35)19-25-15-17-28(45-25)26-16-14-24(36)18-27(26)39(42)43/h5-20,32H,4H2,1-3H3/b29-19-/t32-/m0/s1. The van der Waals surface area contributed by atoms with Crippen LogP contribution in [0.5, 0.6) is 0 Å². The van der Waals surface area contributed by atoms with E-state index in [-0.39, 0.29) is 39.8 Å². The lowest BCUT2D eigenvalue weighted by Crippen LogP contribution is -2.40. The zero-order valence-electron chi connectivity index (χ0n) is 25.1. The molecule has 0 amide bonds. The topological polar surface area (TPSA) is 117 Å². The molecule has 232 valence electrons. The fourth-order valence-corrected chi connectivity index (χ4v) is 6.53. The van der Waals surface area contributed by atoms with Crippen LogP contribution in [0, 0.1) is 10.1 Å². The third-order valence-corrected chi connectivity index (χ3v) is 8.83. The molecule has 11 heteroatoms. The first-order chi connectivity index (χ1) is 22.2. The largest absolute Gasteiger partial charge is 0.463 e. The molecule has 46 heavy (non-hydrogen) atoms. The highest BCUT2D eigenvalue weighted by Crippen LogP contribution is 2.36. The second-order valence-electron chi connectivity index (χ2n) is 10.9. The number of nitro benzene ring substituents is 1. The number of fused-ring (bicyclic) bond motifs is 1. The summed E-state index contributed by atoms with van der Waals surface area (Å²) in [5, 5.41) is 11.9. The van der Waals surface area contributed by atoms with Crippen molar-refractivity contribution >= 4 is 46.4 Å². The molecule has 3 heterocycles. The number of hydrogen-bond acceptors (Lipinski definition) is 8. The summed E-state index contributed by atoms with van der Waals surface area (Å²) in [7, 11) is 0. The fourth-order valence-electron chi connectivity index (χ4n) is 5.39. The molecule has 1 aliphatic rings. The number of esters is 1. The number of ether oxygens (including phenoxy) is 1. The van der Waals surface area contributed by atoms with Crippen molar-refractivity contribution in [1.82, 2.24) is 4.57 Å². The van der Waals surface area contributed by atoms with Gasteiger partial charge in [-0.15, -0.1) is 0 Å². The van der Waals surface area contributed by atoms with Crippen molar-refractivity contribution in [2.24, 2.45) is 4.99 Å². The Morgan fingerprint density at radius 1 is 1.11 bits per heavy atom. The van der Waals surface area contributed by atoms with E-state index in [0.29, 0.717) is 32.3 Å². The molecule has 1 aliphatic heterocycles. The zero-order chi connectivity index (χ0) is 32.5. The molecule has 0 saturated carbocycles. The first-order valence-corrected chi connectivity index (χ1v) is 15.8. The van der Waals surface area contributed by atoms with E-state index in [4.69, 9.17) is 25.7 Å². The lowest BCUT2D eigenvalue weighted by molar-refractivity contribution is -0.384. The molecule has 6 rings (SSSR count). The number of hydrogen-bond donors (Lipinski definition) is 0. The number of nitro groups is 1. The highest BCUT2D eigenvalue weighted by molar-refractivity contribution is 7.07. The highest BCUT2D eigenvalue weighted by Gasteiger charge is 2.35. The van der Waals surface area contributed by atoms with E-state index in [0.717, 1.165) is 22.5 Å². The summed E-state index contributed by atoms with van der Waals surface area (Å²) in [5.41, 5.74) is 2.95. The van der Waals surface area contributed by atoms with Crippen LogP contribution in [0.1, 0.15) is 55.2 Å². The van der Waals surface area contributed by atoms with Gasteiger partial charge in [0.25, 0.3) is 11.2 Å². The van der Waals surface area contributed by atoms with Gasteiger partial charge in [0.1, 0.15) is 11.5 Å². The molecule has 0 aliphatic carbocycles. The monoisotopic (exact) mass is 653 g/mol. The molecule has 0 fully saturated rings. The van der Waals surface area contributed by atoms with Crippen LogP contribution in [0.4, 0.5) is 5.69 Å². The number of carbonyl (C=O) groups excluding carboxylic acids is 1. The summed E-state index contributed by atoms with van der Waals surface area (Å²) in [5.74, 6) is 0.303. The minimum atomic E-state index is -0.808. The first-order valence-electron chi connectivity index (χ1n) is 14.6. The molecule has 0 unspecified atom stereocenters. The number of aromatic nitrogens is 1. The van der Waals surface area contributed by atoms with Gasteiger partial charge >= 0.3 is 5.97 Å². The highest BCUT2D eigenvalue weighted by atomic mass is 35.5. The van der Waals surface area contributed by atoms with E-state index in [1.165, 1.54) is 16.7 Å². The Hall–Kier alpha value is -5.06. The smallest absolute Gasteiger partial charge is 0.338 e. The SMILES string of the molecule is CCOC(=O)C1=C(c2ccccc2)N=c2s/c(=C\c3ccc(-c4ccc(Cl)cc4[N+](=O)[O-])o3)c(=O)n2[C@H]1c1ccc(C(C)C)cc1. The molecule has 5 aromatic rings. The number of furan rings is 1. The van der Waals surface area contributed by atoms with Crippen molar-refractivity contribution in [1.29, 1.82) is 0 Å². The Kier molecular flexibility index (Phi) is 8.57. The van der Waals surface area contributed by atoms with Crippen LogP contribution in [0.15, 0.2) is 105 Å². The van der Waals surface area contributed by atoms with E-state index < -0.39 is 16.9 Å². The maximum Gasteiger partial charge on any atom is 0.338 e. The van der Waals surface area contributed by atoms with Gasteiger partial charge < -0.3 is 9.15 Å². The third-order valence-electron chi connectivity index (χ3n) is 7.61. The summed E-state index contributed by atoms with van der Waals surface area (Å²) >= 11 is 7.14. The Labute approximate surface area is 272 Å². The second-order valence-corrected chi connectivity index (χ2v) is 12.3. The lowest BCUT2D eigenvalue weighted by Gasteiger charge is -2.26. The molecule has 1 atom stereocenters. The zero-order valence-corrected chi connectivity index (χ0v) is 26.7. The average molecular weight is 654 g/mol. The van der Waals surface area contributed by atoms with Gasteiger partial charge in [-0.3, -0.25) is 19.5 Å². The van der Waals surface area contributed by atoms with Crippen LogP contribution in [0.2, 0.25) is 5.02 Å². The quantitative estimate of drug-likeness (QED) is 0.102. The Bertz CT molecular complexity index is 2180. The number of thiazole rings is 1. The molecule has 0 bridgehead atoms. The van der Waals surface area contributed by atoms with E-state index in [2.05, 4.69) is 13.8 Å². The van der Waals surface area contributed by atoms with Crippen LogP contribution < -0.4 is 14.9 Å². The van der Waals surface area contributed by atoms with Crippen LogP contribution in [0.3, 0.4) is 0 Å². The number of rotatable bonds is 8. The van der Waals surface area contributed by atoms with E-state index in [9.17, 15) is 19.7 Å². The number of carbonyl (C=O) groups is 1. The van der Waals surface area contributed by atoms with Crippen LogP contribution in [-0.4, -0.2) is 22.1 Å². The Morgan fingerprint density at radius 2 is 1.85 bits per heavy atom. The molecule has 2 aromatic heterocycles. The van der Waals surface area contributed by atoms with E-state index in [1.807, 2.05) is 54.6 Å². The normalized spacial score (nSPS) is 14.7. The Balaban J connectivity index is 1.55. The second kappa shape index (κ2) is 12.7. The van der Waals surface area contributed by atoms with Gasteiger partial charge in [0.2, 0.25) is 0 Å². The van der Waals surface area contributed by atoms with Crippen molar-refractivity contribution in [2.75, 3.05) is 6.61 Å². The van der Waals surface area contributed by atoms with Crippen molar-refractivity contribution in [3.8, 4) is 11.3 Å². The van der Waals surface area contributed by atoms with Crippen LogP contribution in [0.25, 0.3) is 23.1 Å². The molecular formula is C35H28ClN3O6S. The maximum atomic E-state index is 14.2. The van der Waals surface area contributed by atoms with Crippen molar-refractivity contribution in [3.05, 3.63) is 148 Å². The lowest BCUT2D eigenvalue weighted by atomic mass is 9.91. The minimum Gasteiger partial charge on any atom is -0.463 e. The van der Waals surface area contributed by atoms with Gasteiger partial charge in [-0.05, 0) is 48.2 Å². The third kappa shape index (κ3) is 5.84. The minimum absolute atomic E-state index is 0.153. The summed E-state index contributed by atoms with van der Waals surface area (Å²) in [6, 6.07) is 24.0. The summed E-state index contributed by atoms with van der Waals surface area (Å²) in [4.78, 5) is 44.2. The van der Waals surface area contributed by atoms with Crippen LogP contribution in [-0.2, 0) is 9.53 Å². The van der Waals surface area contributed by atoms with Gasteiger partial charge in [-0.25, -0.2) is 9.79 Å². The van der Waals surface area contributed by atoms with Gasteiger partial charge in [0.15, 0.2) is 4.80 Å². The molecule has 0 spiro atoms. The van der Waals surface area contributed by atoms with Crippen LogP contribution >= 0.6 is 22.9 Å². The number of benzene rings is 3. The fraction of sp³-hybridized carbons (Fsp3) is 0.171. The first kappa shape index (κ1) is 30.9. The van der Waals surface area contributed by atoms with Gasteiger partial charge in [-0.1, -0.05) is 91.4 Å². The maximum absolute atomic E-state index is 14.2. The molecule has 9 nitrogen and oxygen atoms in total. The summed E-state index contributed by atoms with van der Waals surface area (Å²) in [6.45, 7) is 6.08. The summed E-state index contributed by atoms with van der Waals surface area (Å²) < 4.78 is 13.3. The number of nitrogens with zero attached hydrogens (tertiary/aromatic N) is 3. The van der Waals surface area contributed by atoms with E-state index in [1.54, 1.807) is 31.2 Å². The summed E-state index contributed by atoms with van der Waals surface area (Å²) in [6.07, 6.45) is 1.57. The Morgan fingerprint density at radius 3 is 2.52 bits per heavy atom. The predicted octanol–water partition coefficient (Wildman–Crippen LogP) is 6.88. The molecule has 0 radical (unpaired) electrons. The molecule has 0 saturated heterocycles. The molecule has 0 N–H and O–H groups in total. The molecule has 3 aromatic carbocycles. The van der Waals surface area contributed by atoms with Gasteiger partial charge in [0.05, 0.1) is 38.9 Å². The van der Waals surface area contributed by atoms with E-state index >= 15 is 0 Å². The average Bonchev–Trinajstić information content (AvgIpc) is 3.64. The van der Waals surface area contributed by atoms with Crippen molar-refractivity contribution in [2.45, 2.75) is 32.7 Å². The predicted molar refractivity (Wildman–Crippen MR) is 177 cm³/mol. The number of halogens is 1. The van der Waals surface area contributed by atoms with Gasteiger partial charge in [0, 0.05) is 22.7 Å². The van der Waals surface area contributed by atoms with Gasteiger partial charge in [-0.2, -0.15) is 0 Å². The van der Waals surface area contributed by atoms with Crippen molar-refractivity contribution < 1.29 is 18.9 Å².